The van der Waals surface area contributed by atoms with Crippen molar-refractivity contribution in [1.29, 1.82) is 0 Å². The second-order valence-corrected chi connectivity index (χ2v) is 3.46. The molecule has 2 rings (SSSR count). The lowest BCUT2D eigenvalue weighted by atomic mass is 10.1. The smallest absolute Gasteiger partial charge is 0.134 e. The number of epoxide rings is 1. The van der Waals surface area contributed by atoms with E-state index in [0.29, 0.717) is 12.3 Å². The van der Waals surface area contributed by atoms with Crippen molar-refractivity contribution in [2.75, 3.05) is 32.8 Å². The quantitative estimate of drug-likeness (QED) is 0.533. The Labute approximate surface area is 73.0 Å². The normalized spacial score (nSPS) is 36.8. The lowest BCUT2D eigenvalue weighted by Gasteiger charge is -2.34. The number of hydrogen-bond acceptors (Lipinski definition) is 4. The highest BCUT2D eigenvalue weighted by Crippen LogP contribution is 2.20. The van der Waals surface area contributed by atoms with E-state index in [1.807, 2.05) is 0 Å². The Morgan fingerprint density at radius 2 is 2.42 bits per heavy atom. The fourth-order valence-electron chi connectivity index (χ4n) is 1.85. The molecule has 0 amide bonds. The minimum absolute atomic E-state index is 0.406. The van der Waals surface area contributed by atoms with Crippen LogP contribution in [0.15, 0.2) is 0 Å². The second kappa shape index (κ2) is 3.70. The SMILES string of the molecule is NCCC1CNCCN1C1CO1. The molecule has 2 fully saturated rings. The summed E-state index contributed by atoms with van der Waals surface area (Å²) in [6.07, 6.45) is 1.48. The maximum Gasteiger partial charge on any atom is 0.134 e. The molecule has 0 aliphatic carbocycles. The predicted molar refractivity (Wildman–Crippen MR) is 46.8 cm³/mol. The fraction of sp³-hybridized carbons (Fsp3) is 1.00. The summed E-state index contributed by atoms with van der Waals surface area (Å²) in [5, 5.41) is 3.38. The third kappa shape index (κ3) is 1.77. The molecule has 0 aromatic carbocycles. The molecule has 2 aliphatic heterocycles. The Balaban J connectivity index is 1.87. The summed E-state index contributed by atoms with van der Waals surface area (Å²) >= 11 is 0. The molecule has 0 aromatic heterocycles. The molecule has 2 aliphatic rings. The first kappa shape index (κ1) is 8.44. The zero-order valence-electron chi connectivity index (χ0n) is 7.33. The third-order valence-corrected chi connectivity index (χ3v) is 2.58. The maximum atomic E-state index is 5.55. The maximum absolute atomic E-state index is 5.55. The van der Waals surface area contributed by atoms with E-state index >= 15 is 0 Å². The average Bonchev–Trinajstić information content (AvgIpc) is 2.89. The summed E-state index contributed by atoms with van der Waals surface area (Å²) < 4.78 is 5.28. The van der Waals surface area contributed by atoms with Crippen LogP contribution in [-0.4, -0.2) is 50.0 Å². The predicted octanol–water partition coefficient (Wildman–Crippen LogP) is -1.03. The van der Waals surface area contributed by atoms with Gasteiger partial charge < -0.3 is 15.8 Å². The van der Waals surface area contributed by atoms with Gasteiger partial charge in [-0.05, 0) is 13.0 Å². The lowest BCUT2D eigenvalue weighted by Crippen LogP contribution is -2.53. The summed E-state index contributed by atoms with van der Waals surface area (Å²) in [4.78, 5) is 2.43. The van der Waals surface area contributed by atoms with Gasteiger partial charge in [0.25, 0.3) is 0 Å². The van der Waals surface area contributed by atoms with E-state index in [-0.39, 0.29) is 0 Å². The van der Waals surface area contributed by atoms with Crippen LogP contribution in [0.3, 0.4) is 0 Å². The van der Waals surface area contributed by atoms with Crippen molar-refractivity contribution in [2.24, 2.45) is 5.73 Å². The molecule has 2 atom stereocenters. The van der Waals surface area contributed by atoms with E-state index < -0.39 is 0 Å². The van der Waals surface area contributed by atoms with Gasteiger partial charge in [-0.2, -0.15) is 0 Å². The number of ether oxygens (including phenoxy) is 1. The molecule has 0 aromatic rings. The van der Waals surface area contributed by atoms with Gasteiger partial charge in [0.05, 0.1) is 6.61 Å². The molecule has 4 nitrogen and oxygen atoms in total. The highest BCUT2D eigenvalue weighted by atomic mass is 16.6. The van der Waals surface area contributed by atoms with Crippen LogP contribution in [0.1, 0.15) is 6.42 Å². The Morgan fingerprint density at radius 3 is 3.08 bits per heavy atom. The van der Waals surface area contributed by atoms with Crippen molar-refractivity contribution in [3.63, 3.8) is 0 Å². The molecule has 0 bridgehead atoms. The van der Waals surface area contributed by atoms with E-state index in [0.717, 1.165) is 39.2 Å². The number of nitrogens with zero attached hydrogens (tertiary/aromatic N) is 1. The summed E-state index contributed by atoms with van der Waals surface area (Å²) in [5.74, 6) is 0. The number of nitrogens with two attached hydrogens (primary N) is 1. The van der Waals surface area contributed by atoms with Crippen LogP contribution in [0.2, 0.25) is 0 Å². The highest BCUT2D eigenvalue weighted by Gasteiger charge is 2.35. The largest absolute Gasteiger partial charge is 0.357 e. The van der Waals surface area contributed by atoms with E-state index in [9.17, 15) is 0 Å². The zero-order chi connectivity index (χ0) is 8.39. The topological polar surface area (TPSA) is 53.8 Å². The minimum atomic E-state index is 0.406. The van der Waals surface area contributed by atoms with Crippen LogP contribution in [0.25, 0.3) is 0 Å². The first-order valence-electron chi connectivity index (χ1n) is 4.70. The van der Waals surface area contributed by atoms with Gasteiger partial charge in [-0.15, -0.1) is 0 Å². The molecule has 70 valence electrons. The molecule has 3 N–H and O–H groups in total. The Hall–Kier alpha value is -0.160. The first-order valence-corrected chi connectivity index (χ1v) is 4.70. The summed E-state index contributed by atoms with van der Waals surface area (Å²) in [7, 11) is 0. The van der Waals surface area contributed by atoms with Gasteiger partial charge in [0, 0.05) is 25.7 Å². The third-order valence-electron chi connectivity index (χ3n) is 2.58. The van der Waals surface area contributed by atoms with Crippen LogP contribution >= 0.6 is 0 Å². The lowest BCUT2D eigenvalue weighted by molar-refractivity contribution is 0.0949. The fourth-order valence-corrected chi connectivity index (χ4v) is 1.85. The van der Waals surface area contributed by atoms with Crippen molar-refractivity contribution < 1.29 is 4.74 Å². The number of hydrogen-bond donors (Lipinski definition) is 2. The van der Waals surface area contributed by atoms with Gasteiger partial charge in [-0.25, -0.2) is 0 Å². The number of rotatable bonds is 3. The van der Waals surface area contributed by atoms with E-state index in [4.69, 9.17) is 10.5 Å². The van der Waals surface area contributed by atoms with Crippen LogP contribution in [0.4, 0.5) is 0 Å². The highest BCUT2D eigenvalue weighted by molar-refractivity contribution is 4.85. The number of nitrogens with one attached hydrogen (secondary N) is 1. The molecular weight excluding hydrogens is 154 g/mol. The first-order chi connectivity index (χ1) is 5.92. The van der Waals surface area contributed by atoms with Gasteiger partial charge in [0.2, 0.25) is 0 Å². The average molecular weight is 171 g/mol. The van der Waals surface area contributed by atoms with Crippen molar-refractivity contribution in [3.8, 4) is 0 Å². The van der Waals surface area contributed by atoms with Crippen molar-refractivity contribution in [3.05, 3.63) is 0 Å². The van der Waals surface area contributed by atoms with Gasteiger partial charge in [0.15, 0.2) is 0 Å². The van der Waals surface area contributed by atoms with Crippen LogP contribution in [-0.2, 0) is 4.74 Å². The molecular formula is C8H17N3O. The molecule has 0 saturated carbocycles. The van der Waals surface area contributed by atoms with Gasteiger partial charge in [-0.1, -0.05) is 0 Å². The van der Waals surface area contributed by atoms with Crippen LogP contribution in [0.5, 0.6) is 0 Å². The van der Waals surface area contributed by atoms with Crippen molar-refractivity contribution in [1.82, 2.24) is 10.2 Å². The van der Waals surface area contributed by atoms with Crippen molar-refractivity contribution in [2.45, 2.75) is 18.7 Å². The zero-order valence-corrected chi connectivity index (χ0v) is 7.33. The molecule has 0 spiro atoms. The standard InChI is InChI=1S/C8H17N3O/c9-2-1-7-5-10-3-4-11(7)8-6-12-8/h7-8,10H,1-6,9H2. The summed E-state index contributed by atoms with van der Waals surface area (Å²) in [5.41, 5.74) is 5.55. The van der Waals surface area contributed by atoms with Crippen LogP contribution in [0, 0.1) is 0 Å². The van der Waals surface area contributed by atoms with Gasteiger partial charge in [0.1, 0.15) is 6.23 Å². The monoisotopic (exact) mass is 171 g/mol. The number of piperazine rings is 1. The van der Waals surface area contributed by atoms with Crippen molar-refractivity contribution >= 4 is 0 Å². The molecule has 4 heteroatoms. The Kier molecular flexibility index (Phi) is 2.60. The molecule has 2 heterocycles. The Bertz CT molecular complexity index is 147. The molecule has 2 unspecified atom stereocenters. The van der Waals surface area contributed by atoms with E-state index in [2.05, 4.69) is 10.2 Å². The Morgan fingerprint density at radius 1 is 1.58 bits per heavy atom. The molecule has 12 heavy (non-hydrogen) atoms. The summed E-state index contributed by atoms with van der Waals surface area (Å²) in [6, 6.07) is 0.594. The van der Waals surface area contributed by atoms with Gasteiger partial charge >= 0.3 is 0 Å². The van der Waals surface area contributed by atoms with Gasteiger partial charge in [-0.3, -0.25) is 4.90 Å². The van der Waals surface area contributed by atoms with E-state index in [1.54, 1.807) is 0 Å². The second-order valence-electron chi connectivity index (χ2n) is 3.46. The molecule has 2 saturated heterocycles. The van der Waals surface area contributed by atoms with Crippen LogP contribution < -0.4 is 11.1 Å². The van der Waals surface area contributed by atoms with E-state index in [1.165, 1.54) is 0 Å². The minimum Gasteiger partial charge on any atom is -0.357 e. The molecule has 0 radical (unpaired) electrons. The summed E-state index contributed by atoms with van der Waals surface area (Å²) in [6.45, 7) is 4.95.